The molecule has 1 fully saturated rings. The maximum absolute atomic E-state index is 12.1. The fraction of sp³-hybridized carbons (Fsp3) is 0.529. The molecule has 0 radical (unpaired) electrons. The lowest BCUT2D eigenvalue weighted by Gasteiger charge is -2.28. The van der Waals surface area contributed by atoms with E-state index in [1.165, 1.54) is 25.7 Å². The summed E-state index contributed by atoms with van der Waals surface area (Å²) in [5, 5.41) is 11.6. The van der Waals surface area contributed by atoms with Crippen LogP contribution in [0.1, 0.15) is 48.7 Å². The van der Waals surface area contributed by atoms with Crippen molar-refractivity contribution in [1.29, 1.82) is 0 Å². The van der Waals surface area contributed by atoms with Crippen LogP contribution in [0, 0.1) is 23.7 Å². The largest absolute Gasteiger partial charge is 0.384 e. The summed E-state index contributed by atoms with van der Waals surface area (Å²) in [6.45, 7) is 2.82. The van der Waals surface area contributed by atoms with Crippen molar-refractivity contribution in [2.75, 3.05) is 13.2 Å². The van der Waals surface area contributed by atoms with E-state index in [0.29, 0.717) is 23.1 Å². The zero-order valence-corrected chi connectivity index (χ0v) is 12.4. The second-order valence-corrected chi connectivity index (χ2v) is 5.62. The number of aliphatic hydroxyl groups excluding tert-OH is 1. The number of nitrogens with zero attached hydrogens (tertiary/aromatic N) is 1. The summed E-state index contributed by atoms with van der Waals surface area (Å²) in [7, 11) is 0. The van der Waals surface area contributed by atoms with Gasteiger partial charge in [-0.05, 0) is 30.4 Å². The summed E-state index contributed by atoms with van der Waals surface area (Å²) in [4.78, 5) is 16.2. The highest BCUT2D eigenvalue weighted by Gasteiger charge is 2.21. The quantitative estimate of drug-likeness (QED) is 0.835. The highest BCUT2D eigenvalue weighted by Crippen LogP contribution is 2.28. The number of amides is 1. The summed E-state index contributed by atoms with van der Waals surface area (Å²) in [6.07, 6.45) is 6.59. The minimum absolute atomic E-state index is 0.130. The van der Waals surface area contributed by atoms with Gasteiger partial charge in [0.05, 0.1) is 0 Å². The second-order valence-electron chi connectivity index (χ2n) is 5.62. The number of aromatic nitrogens is 1. The number of carbonyl (C=O) groups excluding carboxylic acids is 1. The number of hydrogen-bond donors (Lipinski definition) is 2. The summed E-state index contributed by atoms with van der Waals surface area (Å²) in [6, 6.07) is 3.41. The summed E-state index contributed by atoms with van der Waals surface area (Å²) in [5.74, 6) is 6.44. The van der Waals surface area contributed by atoms with Crippen LogP contribution in [0.5, 0.6) is 0 Å². The highest BCUT2D eigenvalue weighted by molar-refractivity contribution is 5.92. The molecule has 0 aromatic carbocycles. The Morgan fingerprint density at radius 2 is 2.24 bits per heavy atom. The van der Waals surface area contributed by atoms with Crippen LogP contribution in [0.4, 0.5) is 0 Å². The molecule has 1 aromatic heterocycles. The molecule has 2 atom stereocenters. The molecule has 2 rings (SSSR count). The first-order valence-corrected chi connectivity index (χ1v) is 7.54. The summed E-state index contributed by atoms with van der Waals surface area (Å²) in [5.41, 5.74) is 1.11. The van der Waals surface area contributed by atoms with E-state index in [1.54, 1.807) is 18.3 Å². The zero-order valence-electron chi connectivity index (χ0n) is 12.4. The first kappa shape index (κ1) is 15.5. The maximum atomic E-state index is 12.1. The van der Waals surface area contributed by atoms with Gasteiger partial charge in [-0.2, -0.15) is 0 Å². The van der Waals surface area contributed by atoms with Gasteiger partial charge < -0.3 is 10.4 Å². The van der Waals surface area contributed by atoms with Gasteiger partial charge in [-0.15, -0.1) is 0 Å². The smallest absolute Gasteiger partial charge is 0.269 e. The molecule has 1 heterocycles. The molecule has 1 saturated carbocycles. The first-order valence-electron chi connectivity index (χ1n) is 7.54. The van der Waals surface area contributed by atoms with Gasteiger partial charge in [0.15, 0.2) is 0 Å². The van der Waals surface area contributed by atoms with Gasteiger partial charge in [0.1, 0.15) is 12.3 Å². The molecule has 0 saturated heterocycles. The van der Waals surface area contributed by atoms with Crippen LogP contribution in [-0.2, 0) is 0 Å². The van der Waals surface area contributed by atoms with Crippen molar-refractivity contribution in [3.8, 4) is 11.8 Å². The van der Waals surface area contributed by atoms with Crippen LogP contribution in [0.15, 0.2) is 18.3 Å². The molecule has 112 valence electrons. The van der Waals surface area contributed by atoms with E-state index in [2.05, 4.69) is 29.1 Å². The Hall–Kier alpha value is -1.86. The molecular weight excluding hydrogens is 264 g/mol. The monoisotopic (exact) mass is 286 g/mol. The average molecular weight is 286 g/mol. The van der Waals surface area contributed by atoms with E-state index >= 15 is 0 Å². The SMILES string of the molecule is CC1CCCCC1CNC(=O)c1ccc(C#CCO)cn1. The van der Waals surface area contributed by atoms with E-state index in [0.717, 1.165) is 6.54 Å². The van der Waals surface area contributed by atoms with Crippen LogP contribution in [0.3, 0.4) is 0 Å². The molecule has 0 aliphatic heterocycles. The van der Waals surface area contributed by atoms with Crippen molar-refractivity contribution in [1.82, 2.24) is 10.3 Å². The van der Waals surface area contributed by atoms with Gasteiger partial charge >= 0.3 is 0 Å². The number of hydrogen-bond acceptors (Lipinski definition) is 3. The lowest BCUT2D eigenvalue weighted by Crippen LogP contribution is -2.33. The Morgan fingerprint density at radius 3 is 2.90 bits per heavy atom. The Kier molecular flexibility index (Phi) is 5.77. The van der Waals surface area contributed by atoms with Crippen molar-refractivity contribution in [3.63, 3.8) is 0 Å². The highest BCUT2D eigenvalue weighted by atomic mass is 16.2. The topological polar surface area (TPSA) is 62.2 Å². The van der Waals surface area contributed by atoms with Crippen molar-refractivity contribution in [2.24, 2.45) is 11.8 Å². The normalized spacial score (nSPS) is 21.2. The van der Waals surface area contributed by atoms with E-state index < -0.39 is 0 Å². The van der Waals surface area contributed by atoms with Crippen LogP contribution in [0.2, 0.25) is 0 Å². The van der Waals surface area contributed by atoms with E-state index in [1.807, 2.05) is 0 Å². The predicted molar refractivity (Wildman–Crippen MR) is 81.7 cm³/mol. The van der Waals surface area contributed by atoms with Gasteiger partial charge in [0.2, 0.25) is 0 Å². The van der Waals surface area contributed by atoms with Crippen molar-refractivity contribution in [2.45, 2.75) is 32.6 Å². The van der Waals surface area contributed by atoms with Crippen molar-refractivity contribution >= 4 is 5.91 Å². The molecule has 0 spiro atoms. The minimum Gasteiger partial charge on any atom is -0.384 e. The molecule has 2 N–H and O–H groups in total. The van der Waals surface area contributed by atoms with E-state index in [4.69, 9.17) is 5.11 Å². The fourth-order valence-electron chi connectivity index (χ4n) is 2.75. The number of nitrogens with one attached hydrogen (secondary N) is 1. The fourth-order valence-corrected chi connectivity index (χ4v) is 2.75. The Balaban J connectivity index is 1.88. The standard InChI is InChI=1S/C17H22N2O2/c1-13-5-2-3-7-15(13)12-19-17(21)16-9-8-14(11-18-16)6-4-10-20/h8-9,11,13,15,20H,2-3,5,7,10,12H2,1H3,(H,19,21). The number of carbonyl (C=O) groups is 1. The molecule has 1 aliphatic rings. The van der Waals surface area contributed by atoms with Gasteiger partial charge in [0.25, 0.3) is 5.91 Å². The maximum Gasteiger partial charge on any atom is 0.269 e. The lowest BCUT2D eigenvalue weighted by molar-refractivity contribution is 0.0931. The van der Waals surface area contributed by atoms with Crippen LogP contribution < -0.4 is 5.32 Å². The third-order valence-electron chi connectivity index (χ3n) is 4.12. The van der Waals surface area contributed by atoms with Gasteiger partial charge in [0, 0.05) is 18.3 Å². The van der Waals surface area contributed by atoms with Crippen LogP contribution >= 0.6 is 0 Å². The number of pyridine rings is 1. The zero-order chi connectivity index (χ0) is 15.1. The molecule has 4 heteroatoms. The molecule has 21 heavy (non-hydrogen) atoms. The third kappa shape index (κ3) is 4.57. The van der Waals surface area contributed by atoms with Gasteiger partial charge in [-0.1, -0.05) is 38.0 Å². The Bertz CT molecular complexity index is 528. The van der Waals surface area contributed by atoms with Crippen molar-refractivity contribution in [3.05, 3.63) is 29.6 Å². The minimum atomic E-state index is -0.179. The first-order chi connectivity index (χ1) is 10.2. The van der Waals surface area contributed by atoms with Gasteiger partial charge in [-0.3, -0.25) is 4.79 Å². The molecule has 2 unspecified atom stereocenters. The molecule has 0 bridgehead atoms. The third-order valence-corrected chi connectivity index (χ3v) is 4.12. The molecular formula is C17H22N2O2. The second kappa shape index (κ2) is 7.80. The van der Waals surface area contributed by atoms with E-state index in [-0.39, 0.29) is 12.5 Å². The summed E-state index contributed by atoms with van der Waals surface area (Å²) < 4.78 is 0. The summed E-state index contributed by atoms with van der Waals surface area (Å²) >= 11 is 0. The lowest BCUT2D eigenvalue weighted by atomic mass is 9.80. The average Bonchev–Trinajstić information content (AvgIpc) is 2.52. The molecule has 1 aromatic rings. The van der Waals surface area contributed by atoms with Crippen LogP contribution in [-0.4, -0.2) is 29.1 Å². The molecule has 4 nitrogen and oxygen atoms in total. The molecule has 1 aliphatic carbocycles. The predicted octanol–water partition coefficient (Wildman–Crippen LogP) is 1.98. The number of rotatable bonds is 3. The van der Waals surface area contributed by atoms with Crippen molar-refractivity contribution < 1.29 is 9.90 Å². The van der Waals surface area contributed by atoms with Crippen LogP contribution in [0.25, 0.3) is 0 Å². The Labute approximate surface area is 126 Å². The van der Waals surface area contributed by atoms with Gasteiger partial charge in [-0.25, -0.2) is 4.98 Å². The Morgan fingerprint density at radius 1 is 1.43 bits per heavy atom. The molecule has 1 amide bonds. The van der Waals surface area contributed by atoms with E-state index in [9.17, 15) is 4.79 Å². The number of aliphatic hydroxyl groups is 1.